The van der Waals surface area contributed by atoms with Gasteiger partial charge in [0, 0.05) is 23.6 Å². The minimum atomic E-state index is -0.235. The van der Waals surface area contributed by atoms with Crippen LogP contribution in [0, 0.1) is 0 Å². The first-order valence-corrected chi connectivity index (χ1v) is 7.70. The highest BCUT2D eigenvalue weighted by atomic mass is 32.2. The first-order valence-electron chi connectivity index (χ1n) is 6.06. The smallest absolute Gasteiger partial charge is 0.269 e. The number of nitrogens with one attached hydrogen (secondary N) is 3. The number of hydrogen-bond donors (Lipinski definition) is 3. The summed E-state index contributed by atoms with van der Waals surface area (Å²) in [5.41, 5.74) is 5.77. The van der Waals surface area contributed by atoms with Crippen LogP contribution in [0.3, 0.4) is 0 Å². The van der Waals surface area contributed by atoms with Crippen LogP contribution in [0.2, 0.25) is 0 Å². The number of benzene rings is 1. The Labute approximate surface area is 128 Å². The molecule has 0 bridgehead atoms. The van der Waals surface area contributed by atoms with Crippen molar-refractivity contribution in [3.63, 3.8) is 0 Å². The van der Waals surface area contributed by atoms with Gasteiger partial charge in [0.2, 0.25) is 0 Å². The van der Waals surface area contributed by atoms with E-state index >= 15 is 0 Å². The van der Waals surface area contributed by atoms with E-state index in [9.17, 15) is 4.79 Å². The van der Waals surface area contributed by atoms with Crippen LogP contribution in [0.1, 0.15) is 17.3 Å². The highest BCUT2D eigenvalue weighted by Gasteiger charge is 2.07. The van der Waals surface area contributed by atoms with Gasteiger partial charge in [-0.15, -0.1) is 11.8 Å². The summed E-state index contributed by atoms with van der Waals surface area (Å²) < 4.78 is 4.98. The van der Waals surface area contributed by atoms with E-state index in [1.807, 2.05) is 25.3 Å². The Morgan fingerprint density at radius 1 is 1.35 bits per heavy atom. The summed E-state index contributed by atoms with van der Waals surface area (Å²) in [6.45, 7) is 2.46. The van der Waals surface area contributed by atoms with Crippen molar-refractivity contribution in [1.29, 1.82) is 0 Å². The first kappa shape index (κ1) is 16.7. The Bertz CT molecular complexity index is 451. The summed E-state index contributed by atoms with van der Waals surface area (Å²) in [6.07, 6.45) is 1.99. The summed E-state index contributed by atoms with van der Waals surface area (Å²) in [5, 5.41) is 3.33. The summed E-state index contributed by atoms with van der Waals surface area (Å²) >= 11 is 6.69. The molecule has 0 aliphatic rings. The molecule has 0 aliphatic heterocycles. The number of thioether (sulfide) groups is 1. The van der Waals surface area contributed by atoms with E-state index in [-0.39, 0.29) is 11.9 Å². The van der Waals surface area contributed by atoms with Crippen LogP contribution in [0.5, 0.6) is 0 Å². The maximum atomic E-state index is 11.9. The highest BCUT2D eigenvalue weighted by molar-refractivity contribution is 7.98. The normalized spacial score (nSPS) is 11.6. The summed E-state index contributed by atoms with van der Waals surface area (Å²) in [6, 6.07) is 7.41. The van der Waals surface area contributed by atoms with Crippen LogP contribution in [-0.2, 0) is 4.74 Å². The van der Waals surface area contributed by atoms with Crippen LogP contribution < -0.4 is 16.2 Å². The zero-order valence-electron chi connectivity index (χ0n) is 11.7. The monoisotopic (exact) mass is 313 g/mol. The fourth-order valence-electron chi connectivity index (χ4n) is 1.48. The van der Waals surface area contributed by atoms with E-state index in [0.717, 1.165) is 4.90 Å². The number of carbonyl (C=O) groups excluding carboxylic acids is 1. The number of amides is 1. The number of carbonyl (C=O) groups is 1. The lowest BCUT2D eigenvalue weighted by molar-refractivity contribution is 0.0943. The van der Waals surface area contributed by atoms with E-state index < -0.39 is 0 Å². The highest BCUT2D eigenvalue weighted by Crippen LogP contribution is 2.14. The first-order chi connectivity index (χ1) is 9.56. The lowest BCUT2D eigenvalue weighted by Crippen LogP contribution is -2.49. The maximum absolute atomic E-state index is 11.9. The molecule has 110 valence electrons. The second-order valence-corrected chi connectivity index (χ2v) is 5.43. The molecule has 0 radical (unpaired) electrons. The molecule has 20 heavy (non-hydrogen) atoms. The van der Waals surface area contributed by atoms with Crippen molar-refractivity contribution >= 4 is 35.0 Å². The van der Waals surface area contributed by atoms with E-state index in [0.29, 0.717) is 17.3 Å². The lowest BCUT2D eigenvalue weighted by atomic mass is 10.2. The molecule has 5 nitrogen and oxygen atoms in total. The zero-order valence-corrected chi connectivity index (χ0v) is 13.4. The predicted molar refractivity (Wildman–Crippen MR) is 85.9 cm³/mol. The molecule has 0 unspecified atom stereocenters. The predicted octanol–water partition coefficient (Wildman–Crippen LogP) is 1.55. The number of hydrazine groups is 1. The van der Waals surface area contributed by atoms with Crippen molar-refractivity contribution < 1.29 is 9.53 Å². The number of hydrogen-bond acceptors (Lipinski definition) is 4. The van der Waals surface area contributed by atoms with Crippen LogP contribution in [0.15, 0.2) is 29.2 Å². The van der Waals surface area contributed by atoms with Gasteiger partial charge in [0.05, 0.1) is 6.61 Å². The van der Waals surface area contributed by atoms with Crippen molar-refractivity contribution in [2.75, 3.05) is 20.0 Å². The number of ether oxygens (including phenoxy) is 1. The van der Waals surface area contributed by atoms with Crippen LogP contribution in [0.25, 0.3) is 0 Å². The molecule has 1 rings (SSSR count). The van der Waals surface area contributed by atoms with Crippen molar-refractivity contribution in [3.8, 4) is 0 Å². The summed E-state index contributed by atoms with van der Waals surface area (Å²) in [4.78, 5) is 13.0. The average molecular weight is 313 g/mol. The quantitative estimate of drug-likeness (QED) is 0.436. The SMILES string of the molecule is COC[C@H](C)NC(=S)NNC(=O)c1ccc(SC)cc1. The molecule has 1 aromatic rings. The number of methoxy groups -OCH3 is 1. The van der Waals surface area contributed by atoms with Gasteiger partial charge in [-0.1, -0.05) is 0 Å². The van der Waals surface area contributed by atoms with Gasteiger partial charge < -0.3 is 10.1 Å². The maximum Gasteiger partial charge on any atom is 0.269 e. The standard InChI is InChI=1S/C13H19N3O2S2/c1-9(8-18-2)14-13(19)16-15-12(17)10-4-6-11(20-3)7-5-10/h4-7,9H,8H2,1-3H3,(H,15,17)(H2,14,16,19)/t9-/m0/s1. The molecule has 0 heterocycles. The fourth-order valence-corrected chi connectivity index (χ4v) is 2.14. The molecule has 1 amide bonds. The third-order valence-electron chi connectivity index (χ3n) is 2.44. The van der Waals surface area contributed by atoms with Gasteiger partial charge in [0.1, 0.15) is 0 Å². The molecular formula is C13H19N3O2S2. The second-order valence-electron chi connectivity index (χ2n) is 4.14. The molecule has 0 spiro atoms. The fraction of sp³-hybridized carbons (Fsp3) is 0.385. The number of rotatable bonds is 5. The lowest BCUT2D eigenvalue weighted by Gasteiger charge is -2.16. The molecule has 0 aromatic heterocycles. The van der Waals surface area contributed by atoms with Gasteiger partial charge in [0.25, 0.3) is 5.91 Å². The van der Waals surface area contributed by atoms with Crippen molar-refractivity contribution in [1.82, 2.24) is 16.2 Å². The molecule has 0 saturated heterocycles. The van der Waals surface area contributed by atoms with Crippen molar-refractivity contribution in [2.45, 2.75) is 17.9 Å². The topological polar surface area (TPSA) is 62.4 Å². The Balaban J connectivity index is 2.40. The molecule has 0 fully saturated rings. The van der Waals surface area contributed by atoms with Gasteiger partial charge in [-0.25, -0.2) is 0 Å². The van der Waals surface area contributed by atoms with Gasteiger partial charge in [-0.2, -0.15) is 0 Å². The molecule has 0 saturated carbocycles. The minimum Gasteiger partial charge on any atom is -0.383 e. The van der Waals surface area contributed by atoms with E-state index in [1.165, 1.54) is 0 Å². The Morgan fingerprint density at radius 2 is 2.00 bits per heavy atom. The Morgan fingerprint density at radius 3 is 2.55 bits per heavy atom. The second kappa shape index (κ2) is 8.78. The van der Waals surface area contributed by atoms with Crippen LogP contribution >= 0.6 is 24.0 Å². The van der Waals surface area contributed by atoms with Gasteiger partial charge in [0.15, 0.2) is 5.11 Å². The summed E-state index contributed by atoms with van der Waals surface area (Å²) in [5.74, 6) is -0.235. The third kappa shape index (κ3) is 5.77. The third-order valence-corrected chi connectivity index (χ3v) is 3.40. The van der Waals surface area contributed by atoms with E-state index in [4.69, 9.17) is 17.0 Å². The van der Waals surface area contributed by atoms with E-state index in [2.05, 4.69) is 16.2 Å². The zero-order chi connectivity index (χ0) is 15.0. The summed E-state index contributed by atoms with van der Waals surface area (Å²) in [7, 11) is 1.62. The molecule has 0 aliphatic carbocycles. The molecule has 1 atom stereocenters. The molecule has 3 N–H and O–H groups in total. The van der Waals surface area contributed by atoms with Crippen LogP contribution in [-0.4, -0.2) is 37.0 Å². The molecule has 7 heteroatoms. The van der Waals surface area contributed by atoms with Gasteiger partial charge >= 0.3 is 0 Å². The Kier molecular flexibility index (Phi) is 7.35. The number of thiocarbonyl (C=S) groups is 1. The average Bonchev–Trinajstić information content (AvgIpc) is 2.45. The van der Waals surface area contributed by atoms with Crippen molar-refractivity contribution in [2.24, 2.45) is 0 Å². The van der Waals surface area contributed by atoms with Crippen LogP contribution in [0.4, 0.5) is 0 Å². The molecule has 1 aromatic carbocycles. The van der Waals surface area contributed by atoms with E-state index in [1.54, 1.807) is 31.0 Å². The van der Waals surface area contributed by atoms with Gasteiger partial charge in [-0.05, 0) is 49.7 Å². The van der Waals surface area contributed by atoms with Gasteiger partial charge in [-0.3, -0.25) is 15.6 Å². The largest absolute Gasteiger partial charge is 0.383 e. The Hall–Kier alpha value is -1.31. The van der Waals surface area contributed by atoms with Crippen molar-refractivity contribution in [3.05, 3.63) is 29.8 Å². The molecular weight excluding hydrogens is 294 g/mol. The minimum absolute atomic E-state index is 0.0674.